The van der Waals surface area contributed by atoms with Crippen LogP contribution in [0.5, 0.6) is 0 Å². The van der Waals surface area contributed by atoms with Gasteiger partial charge in [0.25, 0.3) is 0 Å². The van der Waals surface area contributed by atoms with Gasteiger partial charge < -0.3 is 0 Å². The molecular formula is C9H11BrN2Si. The predicted molar refractivity (Wildman–Crippen MR) is 60.0 cm³/mol. The first-order valence-corrected chi connectivity index (χ1v) is 8.27. The summed E-state index contributed by atoms with van der Waals surface area (Å²) in [6.07, 6.45) is 3.33. The van der Waals surface area contributed by atoms with E-state index in [2.05, 4.69) is 57.0 Å². The number of hydrogen-bond acceptors (Lipinski definition) is 2. The van der Waals surface area contributed by atoms with E-state index in [-0.39, 0.29) is 0 Å². The number of halogens is 1. The highest BCUT2D eigenvalue weighted by Gasteiger charge is 2.07. The van der Waals surface area contributed by atoms with Gasteiger partial charge in [-0.15, -0.1) is 5.54 Å². The second-order valence-corrected chi connectivity index (χ2v) is 9.29. The standard InChI is InChI=1S/C9H11BrN2Si/c1-13(2,3)5-4-8-6-11-7-9(10)12-8/h6-7H,1-3H3. The Labute approximate surface area is 87.9 Å². The van der Waals surface area contributed by atoms with E-state index in [1.165, 1.54) is 0 Å². The first-order chi connectivity index (χ1) is 5.97. The van der Waals surface area contributed by atoms with E-state index in [0.717, 1.165) is 10.3 Å². The van der Waals surface area contributed by atoms with Crippen molar-refractivity contribution < 1.29 is 0 Å². The molecule has 1 aromatic heterocycles. The maximum atomic E-state index is 4.18. The van der Waals surface area contributed by atoms with Crippen LogP contribution in [-0.4, -0.2) is 18.0 Å². The highest BCUT2D eigenvalue weighted by Crippen LogP contribution is 2.03. The Balaban J connectivity index is 2.90. The van der Waals surface area contributed by atoms with Crippen molar-refractivity contribution in [3.63, 3.8) is 0 Å². The lowest BCUT2D eigenvalue weighted by atomic mass is 10.5. The third-order valence-corrected chi connectivity index (χ3v) is 2.43. The lowest BCUT2D eigenvalue weighted by Gasteiger charge is -2.02. The largest absolute Gasteiger partial charge is 0.259 e. The molecule has 0 spiro atoms. The number of aromatic nitrogens is 2. The molecule has 1 heterocycles. The molecule has 1 aromatic rings. The summed E-state index contributed by atoms with van der Waals surface area (Å²) in [4.78, 5) is 8.17. The van der Waals surface area contributed by atoms with Crippen molar-refractivity contribution in [2.24, 2.45) is 0 Å². The third kappa shape index (κ3) is 4.20. The van der Waals surface area contributed by atoms with Crippen LogP contribution in [0.4, 0.5) is 0 Å². The molecule has 2 nitrogen and oxygen atoms in total. The molecule has 0 bridgehead atoms. The van der Waals surface area contributed by atoms with Gasteiger partial charge in [-0.05, 0) is 15.9 Å². The molecule has 68 valence electrons. The molecule has 4 heteroatoms. The first kappa shape index (κ1) is 10.4. The fourth-order valence-corrected chi connectivity index (χ4v) is 1.47. The van der Waals surface area contributed by atoms with Gasteiger partial charge in [-0.2, -0.15) is 0 Å². The molecule has 0 amide bonds. The second kappa shape index (κ2) is 4.03. The Bertz CT molecular complexity index is 360. The highest BCUT2D eigenvalue weighted by atomic mass is 79.9. The lowest BCUT2D eigenvalue weighted by molar-refractivity contribution is 1.14. The van der Waals surface area contributed by atoms with Crippen molar-refractivity contribution in [1.29, 1.82) is 0 Å². The molecule has 0 N–H and O–H groups in total. The van der Waals surface area contributed by atoms with Gasteiger partial charge in [-0.25, -0.2) is 4.98 Å². The number of nitrogens with zero attached hydrogens (tertiary/aromatic N) is 2. The lowest BCUT2D eigenvalue weighted by Crippen LogP contribution is -2.16. The average molecular weight is 255 g/mol. The van der Waals surface area contributed by atoms with Crippen LogP contribution in [0.25, 0.3) is 0 Å². The van der Waals surface area contributed by atoms with E-state index < -0.39 is 8.07 Å². The SMILES string of the molecule is C[Si](C)(C)C#Cc1cncc(Br)n1. The topological polar surface area (TPSA) is 25.8 Å². The minimum absolute atomic E-state index is 0.731. The summed E-state index contributed by atoms with van der Waals surface area (Å²) in [5, 5.41) is 0. The maximum Gasteiger partial charge on any atom is 0.132 e. The molecule has 0 radical (unpaired) electrons. The van der Waals surface area contributed by atoms with Gasteiger partial charge in [0.05, 0.1) is 12.4 Å². The van der Waals surface area contributed by atoms with Crippen LogP contribution in [0.2, 0.25) is 19.6 Å². The zero-order chi connectivity index (χ0) is 9.90. The molecule has 0 fully saturated rings. The monoisotopic (exact) mass is 254 g/mol. The van der Waals surface area contributed by atoms with Crippen molar-refractivity contribution in [2.45, 2.75) is 19.6 Å². The zero-order valence-corrected chi connectivity index (χ0v) is 10.5. The predicted octanol–water partition coefficient (Wildman–Crippen LogP) is 2.47. The average Bonchev–Trinajstić information content (AvgIpc) is 2.00. The van der Waals surface area contributed by atoms with E-state index in [1.54, 1.807) is 12.4 Å². The third-order valence-electron chi connectivity index (χ3n) is 1.17. The fourth-order valence-electron chi connectivity index (χ4n) is 0.654. The molecule has 0 aliphatic heterocycles. The molecule has 0 aromatic carbocycles. The van der Waals surface area contributed by atoms with Crippen LogP contribution in [0, 0.1) is 11.5 Å². The summed E-state index contributed by atoms with van der Waals surface area (Å²) < 4.78 is 0.731. The molecular weight excluding hydrogens is 244 g/mol. The molecule has 13 heavy (non-hydrogen) atoms. The summed E-state index contributed by atoms with van der Waals surface area (Å²) in [5.41, 5.74) is 3.96. The first-order valence-electron chi connectivity index (χ1n) is 3.98. The summed E-state index contributed by atoms with van der Waals surface area (Å²) >= 11 is 3.25. The van der Waals surface area contributed by atoms with Crippen molar-refractivity contribution >= 4 is 24.0 Å². The molecule has 0 aliphatic rings. The smallest absolute Gasteiger partial charge is 0.132 e. The fraction of sp³-hybridized carbons (Fsp3) is 0.333. The van der Waals surface area contributed by atoms with Crippen molar-refractivity contribution in [2.75, 3.05) is 0 Å². The summed E-state index contributed by atoms with van der Waals surface area (Å²) in [7, 11) is -1.30. The second-order valence-electron chi connectivity index (χ2n) is 3.73. The van der Waals surface area contributed by atoms with E-state index in [1.807, 2.05) is 0 Å². The normalized spacial score (nSPS) is 10.5. The van der Waals surface area contributed by atoms with Crippen molar-refractivity contribution in [3.05, 3.63) is 22.7 Å². The Morgan fingerprint density at radius 1 is 1.31 bits per heavy atom. The number of hydrogen-bond donors (Lipinski definition) is 0. The van der Waals surface area contributed by atoms with Gasteiger partial charge in [-0.1, -0.05) is 25.6 Å². The quantitative estimate of drug-likeness (QED) is 0.525. The van der Waals surface area contributed by atoms with Gasteiger partial charge in [0.1, 0.15) is 18.4 Å². The molecule has 0 saturated carbocycles. The van der Waals surface area contributed by atoms with Gasteiger partial charge in [0, 0.05) is 0 Å². The van der Waals surface area contributed by atoms with E-state index in [0.29, 0.717) is 0 Å². The summed E-state index contributed by atoms with van der Waals surface area (Å²) in [5.74, 6) is 3.03. The molecule has 0 unspecified atom stereocenters. The Morgan fingerprint density at radius 2 is 2.00 bits per heavy atom. The Morgan fingerprint density at radius 3 is 2.54 bits per heavy atom. The van der Waals surface area contributed by atoms with Crippen LogP contribution in [0.15, 0.2) is 17.0 Å². The van der Waals surface area contributed by atoms with Crippen LogP contribution in [0.3, 0.4) is 0 Å². The van der Waals surface area contributed by atoms with Crippen molar-refractivity contribution in [3.8, 4) is 11.5 Å². The summed E-state index contributed by atoms with van der Waals surface area (Å²) in [6.45, 7) is 6.60. The Hall–Kier alpha value is -0.663. The molecule has 0 saturated heterocycles. The van der Waals surface area contributed by atoms with E-state index in [9.17, 15) is 0 Å². The molecule has 1 rings (SSSR count). The number of rotatable bonds is 0. The van der Waals surface area contributed by atoms with Crippen LogP contribution in [-0.2, 0) is 0 Å². The molecule has 0 aliphatic carbocycles. The minimum Gasteiger partial charge on any atom is -0.259 e. The van der Waals surface area contributed by atoms with Gasteiger partial charge >= 0.3 is 0 Å². The van der Waals surface area contributed by atoms with Gasteiger partial charge in [0.15, 0.2) is 0 Å². The maximum absolute atomic E-state index is 4.18. The summed E-state index contributed by atoms with van der Waals surface area (Å²) in [6, 6.07) is 0. The molecule has 0 atom stereocenters. The zero-order valence-electron chi connectivity index (χ0n) is 7.93. The van der Waals surface area contributed by atoms with E-state index >= 15 is 0 Å². The van der Waals surface area contributed by atoms with Crippen LogP contribution >= 0.6 is 15.9 Å². The van der Waals surface area contributed by atoms with Crippen LogP contribution < -0.4 is 0 Å². The van der Waals surface area contributed by atoms with Crippen LogP contribution in [0.1, 0.15) is 5.69 Å². The van der Waals surface area contributed by atoms with Gasteiger partial charge in [0.2, 0.25) is 0 Å². The van der Waals surface area contributed by atoms with Gasteiger partial charge in [-0.3, -0.25) is 4.98 Å². The Kier molecular flexibility index (Phi) is 3.23. The van der Waals surface area contributed by atoms with E-state index in [4.69, 9.17) is 0 Å². The minimum atomic E-state index is -1.30. The highest BCUT2D eigenvalue weighted by molar-refractivity contribution is 9.10. The van der Waals surface area contributed by atoms with Crippen molar-refractivity contribution in [1.82, 2.24) is 9.97 Å².